The second-order valence-corrected chi connectivity index (χ2v) is 9.62. The van der Waals surface area contributed by atoms with Crippen molar-refractivity contribution in [3.63, 3.8) is 0 Å². The lowest BCUT2D eigenvalue weighted by molar-refractivity contribution is -0.960. The zero-order chi connectivity index (χ0) is 22.6. The molecule has 0 N–H and O–H groups in total. The van der Waals surface area contributed by atoms with E-state index in [2.05, 4.69) is 91.9 Å². The van der Waals surface area contributed by atoms with Gasteiger partial charge in [0.15, 0.2) is 22.3 Å². The van der Waals surface area contributed by atoms with Crippen LogP contribution in [0.4, 0.5) is 0 Å². The van der Waals surface area contributed by atoms with Crippen molar-refractivity contribution in [3.05, 3.63) is 90.3 Å². The Hall–Kier alpha value is -4.78. The van der Waals surface area contributed by atoms with E-state index >= 15 is 0 Å². The molecule has 3 aliphatic rings. The molecule has 7 heteroatoms. The maximum atomic E-state index is 6.59. The van der Waals surface area contributed by atoms with E-state index in [1.165, 1.54) is 10.8 Å². The van der Waals surface area contributed by atoms with Crippen LogP contribution in [0.25, 0.3) is 49.9 Å². The van der Waals surface area contributed by atoms with E-state index in [9.17, 15) is 0 Å². The first kappa shape index (κ1) is 16.8. The van der Waals surface area contributed by atoms with E-state index in [-0.39, 0.29) is 0 Å². The van der Waals surface area contributed by atoms with Gasteiger partial charge in [-0.1, -0.05) is 16.7 Å². The van der Waals surface area contributed by atoms with Gasteiger partial charge in [0.1, 0.15) is 5.69 Å². The van der Waals surface area contributed by atoms with Crippen LogP contribution in [-0.4, -0.2) is 19.2 Å². The molecule has 10 rings (SSSR count). The third-order valence-corrected chi connectivity index (χ3v) is 7.98. The van der Waals surface area contributed by atoms with Gasteiger partial charge in [0, 0.05) is 17.6 Å². The molecule has 2 aromatic carbocycles. The maximum absolute atomic E-state index is 6.59. The Bertz CT molecular complexity index is 2170. The van der Waals surface area contributed by atoms with Crippen molar-refractivity contribution in [2.24, 2.45) is 0 Å². The topological polar surface area (TPSA) is 52.1 Å². The fourth-order valence-corrected chi connectivity index (χ4v) is 6.91. The molecular formula is C28H16N6O+2. The van der Waals surface area contributed by atoms with Crippen LogP contribution >= 0.6 is 0 Å². The average Bonchev–Trinajstić information content (AvgIpc) is 3.60. The number of pyridine rings is 3. The molecule has 0 saturated heterocycles. The lowest BCUT2D eigenvalue weighted by Gasteiger charge is -2.26. The highest BCUT2D eigenvalue weighted by molar-refractivity contribution is 6.14. The van der Waals surface area contributed by atoms with Gasteiger partial charge in [0.25, 0.3) is 0 Å². The summed E-state index contributed by atoms with van der Waals surface area (Å²) in [6.07, 6.45) is 1.88. The summed E-state index contributed by atoms with van der Waals surface area (Å²) in [5, 5.41) is 8.61. The number of ether oxygens (including phenoxy) is 1. The molecule has 7 aromatic rings. The first-order valence-electron chi connectivity index (χ1n) is 11.8. The van der Waals surface area contributed by atoms with Gasteiger partial charge in [-0.3, -0.25) is 0 Å². The standard InChI is InChI=1S/C28H16N6O/c1-15-14-21-20-9-4-10-23-32(20)28(34(21)30-15)25-22(35-23)12-11-16-17-6-5-13-29-26(17)31-18-7-2-3-8-19(18)33(28)27(31)24(16)25/h2-14H,1H3/q+2. The average molecular weight is 452 g/mol. The minimum Gasteiger partial charge on any atom is -0.404 e. The Labute approximate surface area is 197 Å². The van der Waals surface area contributed by atoms with Crippen LogP contribution in [0.1, 0.15) is 11.3 Å². The molecule has 162 valence electrons. The Balaban J connectivity index is 1.62. The van der Waals surface area contributed by atoms with Crippen molar-refractivity contribution in [1.29, 1.82) is 0 Å². The van der Waals surface area contributed by atoms with Crippen molar-refractivity contribution in [2.45, 2.75) is 12.7 Å². The first-order valence-corrected chi connectivity index (χ1v) is 11.8. The van der Waals surface area contributed by atoms with Gasteiger partial charge in [-0.15, -0.1) is 9.25 Å². The fraction of sp³-hybridized carbons (Fsp3) is 0.0714. The summed E-state index contributed by atoms with van der Waals surface area (Å²) in [5.74, 6) is 0.939. The predicted molar refractivity (Wildman–Crippen MR) is 128 cm³/mol. The molecule has 0 radical (unpaired) electrons. The molecule has 1 unspecified atom stereocenters. The van der Waals surface area contributed by atoms with E-state index < -0.39 is 5.79 Å². The van der Waals surface area contributed by atoms with Crippen LogP contribution in [0.2, 0.25) is 0 Å². The summed E-state index contributed by atoms with van der Waals surface area (Å²) in [6, 6.07) is 25.5. The third-order valence-electron chi connectivity index (χ3n) is 7.98. The highest BCUT2D eigenvalue weighted by Gasteiger charge is 2.70. The molecular weight excluding hydrogens is 436 g/mol. The predicted octanol–water partition coefficient (Wildman–Crippen LogP) is 4.03. The first-order chi connectivity index (χ1) is 17.3. The summed E-state index contributed by atoms with van der Waals surface area (Å²) in [5.41, 5.74) is 8.63. The monoisotopic (exact) mass is 452 g/mol. The number of rotatable bonds is 0. The smallest absolute Gasteiger partial charge is 0.404 e. The van der Waals surface area contributed by atoms with Gasteiger partial charge in [-0.2, -0.15) is 9.50 Å². The number of fused-ring (bicyclic) bond motifs is 8. The van der Waals surface area contributed by atoms with Crippen LogP contribution in [-0.2, 0) is 5.79 Å². The largest absolute Gasteiger partial charge is 0.449 e. The second-order valence-electron chi connectivity index (χ2n) is 9.62. The minimum atomic E-state index is -0.739. The number of aromatic nitrogens is 6. The van der Waals surface area contributed by atoms with Crippen LogP contribution in [0.5, 0.6) is 11.6 Å². The summed E-state index contributed by atoms with van der Waals surface area (Å²) >= 11 is 0. The van der Waals surface area contributed by atoms with Gasteiger partial charge < -0.3 is 4.74 Å². The Morgan fingerprint density at radius 2 is 1.86 bits per heavy atom. The number of benzene rings is 2. The quantitative estimate of drug-likeness (QED) is 0.258. The van der Waals surface area contributed by atoms with Crippen molar-refractivity contribution in [1.82, 2.24) is 19.2 Å². The van der Waals surface area contributed by atoms with Crippen LogP contribution in [0.3, 0.4) is 0 Å². The minimum absolute atomic E-state index is 0.739. The highest BCUT2D eigenvalue weighted by atomic mass is 16.5. The molecule has 0 amide bonds. The van der Waals surface area contributed by atoms with Crippen molar-refractivity contribution < 1.29 is 13.9 Å². The molecule has 7 nitrogen and oxygen atoms in total. The van der Waals surface area contributed by atoms with Gasteiger partial charge >= 0.3 is 17.3 Å². The number of nitrogens with zero attached hydrogens (tertiary/aromatic N) is 6. The van der Waals surface area contributed by atoms with E-state index in [4.69, 9.17) is 14.8 Å². The normalized spacial score (nSPS) is 18.2. The molecule has 1 atom stereocenters. The molecule has 3 aliphatic heterocycles. The van der Waals surface area contributed by atoms with Crippen LogP contribution in [0, 0.1) is 6.92 Å². The molecule has 0 fully saturated rings. The van der Waals surface area contributed by atoms with Gasteiger partial charge in [-0.25, -0.2) is 4.98 Å². The highest BCUT2D eigenvalue weighted by Crippen LogP contribution is 2.52. The number of hydrogen-bond donors (Lipinski definition) is 0. The molecule has 5 aromatic heterocycles. The summed E-state index contributed by atoms with van der Waals surface area (Å²) in [7, 11) is 0. The Morgan fingerprint density at radius 3 is 2.83 bits per heavy atom. The van der Waals surface area contributed by atoms with Gasteiger partial charge in [0.05, 0.1) is 22.5 Å². The van der Waals surface area contributed by atoms with E-state index in [1.54, 1.807) is 0 Å². The molecule has 35 heavy (non-hydrogen) atoms. The number of imidazole rings is 1. The molecule has 0 aliphatic carbocycles. The molecule has 1 spiro atoms. The van der Waals surface area contributed by atoms with Gasteiger partial charge in [0.2, 0.25) is 11.3 Å². The van der Waals surface area contributed by atoms with Crippen molar-refractivity contribution >= 4 is 38.5 Å². The van der Waals surface area contributed by atoms with Gasteiger partial charge in [-0.05, 0) is 55.5 Å². The van der Waals surface area contributed by atoms with E-state index in [0.29, 0.717) is 0 Å². The lowest BCUT2D eigenvalue weighted by atomic mass is 9.98. The third kappa shape index (κ3) is 1.50. The SMILES string of the molecule is Cc1cc2n(n1)C13c4c(ccc5c6cccnc6n6c7ccccc7[n+]1c6c45)Oc1cccc-2[n+]13. The maximum Gasteiger partial charge on any atom is 0.449 e. The lowest BCUT2D eigenvalue weighted by Crippen LogP contribution is -2.75. The summed E-state index contributed by atoms with van der Waals surface area (Å²) < 4.78 is 15.9. The fourth-order valence-electron chi connectivity index (χ4n) is 6.91. The number of hydrogen-bond acceptors (Lipinski definition) is 3. The van der Waals surface area contributed by atoms with Crippen molar-refractivity contribution in [2.75, 3.05) is 0 Å². The zero-order valence-electron chi connectivity index (χ0n) is 18.6. The Morgan fingerprint density at radius 1 is 0.914 bits per heavy atom. The zero-order valence-corrected chi connectivity index (χ0v) is 18.6. The van der Waals surface area contributed by atoms with Crippen molar-refractivity contribution in [3.8, 4) is 23.0 Å². The number of aryl methyl sites for hydroxylation is 1. The summed E-state index contributed by atoms with van der Waals surface area (Å²) in [4.78, 5) is 4.88. The van der Waals surface area contributed by atoms with E-state index in [1.807, 2.05) is 12.3 Å². The Kier molecular flexibility index (Phi) is 2.40. The molecule has 0 saturated carbocycles. The molecule has 0 bridgehead atoms. The summed E-state index contributed by atoms with van der Waals surface area (Å²) in [6.45, 7) is 2.06. The van der Waals surface area contributed by atoms with E-state index in [0.717, 1.165) is 62.0 Å². The van der Waals surface area contributed by atoms with Crippen LogP contribution < -0.4 is 13.9 Å². The second kappa shape index (κ2) is 5.00. The molecule has 8 heterocycles. The number of para-hydroxylation sites is 2. The van der Waals surface area contributed by atoms with Crippen LogP contribution in [0.15, 0.2) is 79.0 Å².